The molecule has 106 valence electrons. The highest BCUT2D eigenvalue weighted by molar-refractivity contribution is 5.90. The van der Waals surface area contributed by atoms with E-state index in [4.69, 9.17) is 4.74 Å². The van der Waals surface area contributed by atoms with Crippen LogP contribution in [0, 0.1) is 11.8 Å². The zero-order valence-corrected chi connectivity index (χ0v) is 11.1. The van der Waals surface area contributed by atoms with Crippen LogP contribution in [0.3, 0.4) is 0 Å². The second kappa shape index (κ2) is 5.67. The van der Waals surface area contributed by atoms with Gasteiger partial charge in [-0.1, -0.05) is 6.92 Å². The number of aromatic nitrogens is 2. The topological polar surface area (TPSA) is 44.1 Å². The Morgan fingerprint density at radius 2 is 2.26 bits per heavy atom. The van der Waals surface area contributed by atoms with E-state index < -0.39 is 12.4 Å². The van der Waals surface area contributed by atoms with E-state index in [0.717, 1.165) is 12.8 Å². The van der Waals surface area contributed by atoms with Crippen LogP contribution in [-0.2, 0) is 11.3 Å². The summed E-state index contributed by atoms with van der Waals surface area (Å²) in [6, 6.07) is 0. The van der Waals surface area contributed by atoms with Crippen molar-refractivity contribution in [1.29, 1.82) is 0 Å². The minimum absolute atomic E-state index is 0.121. The van der Waals surface area contributed by atoms with Gasteiger partial charge >= 0.3 is 5.97 Å². The maximum atomic E-state index is 13.1. The molecule has 2 rings (SSSR count). The van der Waals surface area contributed by atoms with Gasteiger partial charge in [0.1, 0.15) is 11.3 Å². The van der Waals surface area contributed by atoms with Crippen molar-refractivity contribution in [1.82, 2.24) is 9.78 Å². The number of esters is 1. The van der Waals surface area contributed by atoms with Gasteiger partial charge in [-0.15, -0.1) is 0 Å². The Hall–Kier alpha value is -1.46. The minimum Gasteiger partial charge on any atom is -0.462 e. The zero-order valence-electron chi connectivity index (χ0n) is 11.1. The van der Waals surface area contributed by atoms with Gasteiger partial charge in [-0.25, -0.2) is 13.6 Å². The highest BCUT2D eigenvalue weighted by Gasteiger charge is 2.30. The van der Waals surface area contributed by atoms with Gasteiger partial charge in [0.05, 0.1) is 12.8 Å². The second-order valence-electron chi connectivity index (χ2n) is 5.09. The predicted molar refractivity (Wildman–Crippen MR) is 65.0 cm³/mol. The molecular weight excluding hydrogens is 254 g/mol. The fraction of sp³-hybridized carbons (Fsp3) is 0.692. The highest BCUT2D eigenvalue weighted by atomic mass is 19.3. The quantitative estimate of drug-likeness (QED) is 0.774. The summed E-state index contributed by atoms with van der Waals surface area (Å²) in [6.07, 6.45) is 0.510. The van der Waals surface area contributed by atoms with Gasteiger partial charge < -0.3 is 4.74 Å². The molecule has 1 aliphatic carbocycles. The summed E-state index contributed by atoms with van der Waals surface area (Å²) in [5, 5.41) is 3.92. The molecule has 0 bridgehead atoms. The van der Waals surface area contributed by atoms with E-state index in [0.29, 0.717) is 18.4 Å². The normalized spacial score (nSPS) is 22.4. The largest absolute Gasteiger partial charge is 0.462 e. The summed E-state index contributed by atoms with van der Waals surface area (Å²) in [6.45, 7) is 4.38. The van der Waals surface area contributed by atoms with Crippen LogP contribution in [0.2, 0.25) is 0 Å². The van der Waals surface area contributed by atoms with E-state index in [2.05, 4.69) is 12.0 Å². The Kier molecular flexibility index (Phi) is 4.17. The number of rotatable bonds is 5. The first-order valence-corrected chi connectivity index (χ1v) is 6.53. The lowest BCUT2D eigenvalue weighted by Gasteiger charge is -2.32. The van der Waals surface area contributed by atoms with E-state index in [9.17, 15) is 13.6 Å². The molecule has 0 unspecified atom stereocenters. The van der Waals surface area contributed by atoms with E-state index >= 15 is 0 Å². The van der Waals surface area contributed by atoms with Gasteiger partial charge in [0, 0.05) is 6.54 Å². The minimum atomic E-state index is -2.72. The molecule has 1 aliphatic rings. The van der Waals surface area contributed by atoms with Crippen molar-refractivity contribution in [3.63, 3.8) is 0 Å². The number of carbonyl (C=O) groups excluding carboxylic acids is 1. The van der Waals surface area contributed by atoms with E-state index in [1.165, 1.54) is 10.9 Å². The van der Waals surface area contributed by atoms with Crippen molar-refractivity contribution in [2.45, 2.75) is 39.7 Å². The lowest BCUT2D eigenvalue weighted by molar-refractivity contribution is 0.0512. The van der Waals surface area contributed by atoms with Crippen molar-refractivity contribution in [2.75, 3.05) is 6.61 Å². The maximum absolute atomic E-state index is 13.1. The molecule has 0 saturated heterocycles. The van der Waals surface area contributed by atoms with Crippen LogP contribution in [0.1, 0.15) is 49.2 Å². The number of halogens is 2. The number of hydrogen-bond acceptors (Lipinski definition) is 3. The van der Waals surface area contributed by atoms with Crippen molar-refractivity contribution in [3.8, 4) is 0 Å². The summed E-state index contributed by atoms with van der Waals surface area (Å²) in [4.78, 5) is 11.6. The lowest BCUT2D eigenvalue weighted by atomic mass is 9.76. The molecule has 0 atom stereocenters. The number of hydrogen-bond donors (Lipinski definition) is 0. The maximum Gasteiger partial charge on any atom is 0.341 e. The van der Waals surface area contributed by atoms with Gasteiger partial charge in [-0.05, 0) is 31.6 Å². The van der Waals surface area contributed by atoms with Crippen LogP contribution in [0.4, 0.5) is 8.78 Å². The smallest absolute Gasteiger partial charge is 0.341 e. The molecular formula is C13H18F2N2O2. The van der Waals surface area contributed by atoms with Crippen LogP contribution in [0.25, 0.3) is 0 Å². The number of ether oxygens (including phenoxy) is 1. The van der Waals surface area contributed by atoms with Crippen molar-refractivity contribution in [3.05, 3.63) is 17.5 Å². The average Bonchev–Trinajstić information content (AvgIpc) is 2.71. The summed E-state index contributed by atoms with van der Waals surface area (Å²) in [7, 11) is 0. The first-order chi connectivity index (χ1) is 9.02. The van der Waals surface area contributed by atoms with Crippen LogP contribution >= 0.6 is 0 Å². The first kappa shape index (κ1) is 14.0. The number of alkyl halides is 2. The number of nitrogens with zero attached hydrogens (tertiary/aromatic N) is 2. The van der Waals surface area contributed by atoms with E-state index in [1.54, 1.807) is 6.92 Å². The van der Waals surface area contributed by atoms with Gasteiger partial charge in [0.15, 0.2) is 0 Å². The number of carbonyl (C=O) groups is 1. The van der Waals surface area contributed by atoms with Crippen LogP contribution in [0.5, 0.6) is 0 Å². The summed E-state index contributed by atoms with van der Waals surface area (Å²) < 4.78 is 32.2. The van der Waals surface area contributed by atoms with Crippen LogP contribution in [-0.4, -0.2) is 22.4 Å². The van der Waals surface area contributed by atoms with Crippen molar-refractivity contribution in [2.24, 2.45) is 11.8 Å². The molecule has 19 heavy (non-hydrogen) atoms. The summed E-state index contributed by atoms with van der Waals surface area (Å²) in [5.41, 5.74) is -0.442. The van der Waals surface area contributed by atoms with Gasteiger partial charge in [0.25, 0.3) is 6.43 Å². The van der Waals surface area contributed by atoms with Gasteiger partial charge in [-0.3, -0.25) is 4.68 Å². The zero-order chi connectivity index (χ0) is 14.0. The first-order valence-electron chi connectivity index (χ1n) is 6.53. The van der Waals surface area contributed by atoms with Crippen LogP contribution < -0.4 is 0 Å². The molecule has 1 saturated carbocycles. The Bertz CT molecular complexity index is 453. The Labute approximate surface area is 110 Å². The Balaban J connectivity index is 2.17. The van der Waals surface area contributed by atoms with Crippen molar-refractivity contribution >= 4 is 5.97 Å². The molecule has 0 N–H and O–H groups in total. The Morgan fingerprint density at radius 3 is 2.79 bits per heavy atom. The molecule has 0 amide bonds. The fourth-order valence-corrected chi connectivity index (χ4v) is 2.60. The summed E-state index contributed by atoms with van der Waals surface area (Å²) in [5.74, 6) is 0.300. The predicted octanol–water partition coefficient (Wildman–Crippen LogP) is 3.04. The van der Waals surface area contributed by atoms with E-state index in [-0.39, 0.29) is 17.9 Å². The Morgan fingerprint density at radius 1 is 1.58 bits per heavy atom. The SMILES string of the molecule is CCOC(=O)c1cnn(CC2CC(C)C2)c1C(F)F. The highest BCUT2D eigenvalue weighted by Crippen LogP contribution is 2.35. The monoisotopic (exact) mass is 272 g/mol. The molecule has 6 heteroatoms. The molecule has 1 aromatic heterocycles. The lowest BCUT2D eigenvalue weighted by Crippen LogP contribution is -2.27. The molecule has 1 heterocycles. The van der Waals surface area contributed by atoms with E-state index in [1.807, 2.05) is 0 Å². The molecule has 4 nitrogen and oxygen atoms in total. The van der Waals surface area contributed by atoms with Crippen LogP contribution in [0.15, 0.2) is 6.20 Å². The molecule has 0 radical (unpaired) electrons. The standard InChI is InChI=1S/C13H18F2N2O2/c1-3-19-13(18)10-6-16-17(11(10)12(14)15)7-9-4-8(2)5-9/h6,8-9,12H,3-5,7H2,1-2H3. The molecule has 1 aromatic rings. The molecule has 0 spiro atoms. The molecule has 1 fully saturated rings. The third-order valence-electron chi connectivity index (χ3n) is 3.48. The molecule has 0 aromatic carbocycles. The third-order valence-corrected chi connectivity index (χ3v) is 3.48. The summed E-state index contributed by atoms with van der Waals surface area (Å²) >= 11 is 0. The van der Waals surface area contributed by atoms with Gasteiger partial charge in [-0.2, -0.15) is 5.10 Å². The third kappa shape index (κ3) is 2.93. The second-order valence-corrected chi connectivity index (χ2v) is 5.09. The van der Waals surface area contributed by atoms with Crippen molar-refractivity contribution < 1.29 is 18.3 Å². The van der Waals surface area contributed by atoms with Gasteiger partial charge in [0.2, 0.25) is 0 Å². The average molecular weight is 272 g/mol. The fourth-order valence-electron chi connectivity index (χ4n) is 2.60. The molecule has 0 aliphatic heterocycles.